The lowest BCUT2D eigenvalue weighted by molar-refractivity contribution is 0.0993. The number of carbonyl (C=O) groups excluding carboxylic acids is 1. The van der Waals surface area contributed by atoms with E-state index in [4.69, 9.17) is 0 Å². The first kappa shape index (κ1) is 12.0. The molecule has 0 saturated heterocycles. The molecule has 0 aliphatic carbocycles. The molecule has 2 aromatic rings. The van der Waals surface area contributed by atoms with E-state index >= 15 is 0 Å². The molecule has 2 rings (SSSR count). The smallest absolute Gasteiger partial charge is 0.180 e. The van der Waals surface area contributed by atoms with Crippen LogP contribution < -0.4 is 0 Å². The molecule has 17 heavy (non-hydrogen) atoms. The molecule has 0 spiro atoms. The largest absolute Gasteiger partial charge is 0.335 e. The number of hydrogen-bond acceptors (Lipinski definition) is 3. The number of ketones is 1. The predicted octanol–water partition coefficient (Wildman–Crippen LogP) is 3.09. The van der Waals surface area contributed by atoms with Crippen LogP contribution in [0.5, 0.6) is 0 Å². The quantitative estimate of drug-likeness (QED) is 0.762. The van der Waals surface area contributed by atoms with Gasteiger partial charge in [-0.1, -0.05) is 6.92 Å². The van der Waals surface area contributed by atoms with Crippen molar-refractivity contribution < 1.29 is 4.79 Å². The van der Waals surface area contributed by atoms with Crippen molar-refractivity contribution in [2.75, 3.05) is 0 Å². The number of hydrogen-bond donors (Lipinski definition) is 0. The summed E-state index contributed by atoms with van der Waals surface area (Å²) in [6.45, 7) is 5.02. The normalized spacial score (nSPS) is 10.7. The van der Waals surface area contributed by atoms with Crippen LogP contribution in [0.2, 0.25) is 0 Å². The number of aryl methyl sites for hydroxylation is 2. The van der Waals surface area contributed by atoms with Crippen molar-refractivity contribution in [1.29, 1.82) is 0 Å². The Morgan fingerprint density at radius 3 is 3.00 bits per heavy atom. The molecule has 2 aromatic heterocycles. The van der Waals surface area contributed by atoms with Gasteiger partial charge in [0.05, 0.1) is 11.3 Å². The van der Waals surface area contributed by atoms with Crippen molar-refractivity contribution in [2.24, 2.45) is 0 Å². The molecule has 0 aliphatic heterocycles. The number of carbonyl (C=O) groups is 1. The van der Waals surface area contributed by atoms with Gasteiger partial charge in [-0.15, -0.1) is 11.3 Å². The first-order valence-electron chi connectivity index (χ1n) is 5.79. The van der Waals surface area contributed by atoms with Gasteiger partial charge in [0.15, 0.2) is 5.78 Å². The van der Waals surface area contributed by atoms with Crippen LogP contribution in [0, 0.1) is 6.92 Å². The number of Topliss-reactive ketones (excluding diaryl/α,β-unsaturated/α-hetero) is 1. The highest BCUT2D eigenvalue weighted by Gasteiger charge is 2.14. The standard InChI is InChI=1S/C13H16N2OS/c1-3-6-15-7-5-14-12(15)9-11(16)13-10(2)4-8-17-13/h4-5,7-8H,3,6,9H2,1-2H3. The maximum atomic E-state index is 12.1. The summed E-state index contributed by atoms with van der Waals surface area (Å²) >= 11 is 1.51. The number of thiophene rings is 1. The summed E-state index contributed by atoms with van der Waals surface area (Å²) in [5.74, 6) is 1.03. The molecule has 2 heterocycles. The summed E-state index contributed by atoms with van der Waals surface area (Å²) in [6.07, 6.45) is 5.15. The molecule has 0 bridgehead atoms. The molecule has 0 N–H and O–H groups in total. The van der Waals surface area contributed by atoms with Crippen LogP contribution in [0.4, 0.5) is 0 Å². The third kappa shape index (κ3) is 2.64. The van der Waals surface area contributed by atoms with Gasteiger partial charge in [0, 0.05) is 18.9 Å². The minimum Gasteiger partial charge on any atom is -0.335 e. The molecule has 0 radical (unpaired) electrons. The summed E-state index contributed by atoms with van der Waals surface area (Å²) in [5, 5.41) is 1.96. The topological polar surface area (TPSA) is 34.9 Å². The lowest BCUT2D eigenvalue weighted by atomic mass is 10.1. The molecule has 0 amide bonds. The second-order valence-electron chi connectivity index (χ2n) is 4.07. The number of nitrogens with zero attached hydrogens (tertiary/aromatic N) is 2. The number of rotatable bonds is 5. The molecule has 90 valence electrons. The van der Waals surface area contributed by atoms with Gasteiger partial charge in [-0.25, -0.2) is 4.98 Å². The van der Waals surface area contributed by atoms with Crippen molar-refractivity contribution >= 4 is 17.1 Å². The highest BCUT2D eigenvalue weighted by atomic mass is 32.1. The molecule has 0 saturated carbocycles. The average molecular weight is 248 g/mol. The van der Waals surface area contributed by atoms with Crippen LogP contribution in [0.25, 0.3) is 0 Å². The maximum Gasteiger partial charge on any atom is 0.180 e. The van der Waals surface area contributed by atoms with E-state index in [9.17, 15) is 4.79 Å². The SMILES string of the molecule is CCCn1ccnc1CC(=O)c1sccc1C. The van der Waals surface area contributed by atoms with Gasteiger partial charge in [0.25, 0.3) is 0 Å². The first-order chi connectivity index (χ1) is 8.22. The van der Waals surface area contributed by atoms with E-state index < -0.39 is 0 Å². The molecule has 0 aliphatic rings. The monoisotopic (exact) mass is 248 g/mol. The average Bonchev–Trinajstić information content (AvgIpc) is 2.89. The van der Waals surface area contributed by atoms with Crippen molar-refractivity contribution in [1.82, 2.24) is 9.55 Å². The Balaban J connectivity index is 2.13. The van der Waals surface area contributed by atoms with Crippen LogP contribution >= 0.6 is 11.3 Å². The van der Waals surface area contributed by atoms with Gasteiger partial charge in [0.2, 0.25) is 0 Å². The molecule has 0 fully saturated rings. The Bertz CT molecular complexity index is 513. The Hall–Kier alpha value is -1.42. The van der Waals surface area contributed by atoms with Crippen LogP contribution in [0.15, 0.2) is 23.8 Å². The van der Waals surface area contributed by atoms with Gasteiger partial charge in [0.1, 0.15) is 5.82 Å². The summed E-state index contributed by atoms with van der Waals surface area (Å²) in [7, 11) is 0. The van der Waals surface area contributed by atoms with Crippen LogP contribution in [0.3, 0.4) is 0 Å². The van der Waals surface area contributed by atoms with Gasteiger partial charge < -0.3 is 4.57 Å². The van der Waals surface area contributed by atoms with Gasteiger partial charge >= 0.3 is 0 Å². The van der Waals surface area contributed by atoms with Gasteiger partial charge in [-0.05, 0) is 30.4 Å². The van der Waals surface area contributed by atoms with Gasteiger partial charge in [-0.2, -0.15) is 0 Å². The first-order valence-corrected chi connectivity index (χ1v) is 6.67. The summed E-state index contributed by atoms with van der Waals surface area (Å²) in [4.78, 5) is 17.2. The Labute approximate surface area is 105 Å². The number of aromatic nitrogens is 2. The van der Waals surface area contributed by atoms with E-state index in [2.05, 4.69) is 16.5 Å². The number of imidazole rings is 1. The van der Waals surface area contributed by atoms with Crippen molar-refractivity contribution in [3.8, 4) is 0 Å². The summed E-state index contributed by atoms with van der Waals surface area (Å²) in [5.41, 5.74) is 1.06. The highest BCUT2D eigenvalue weighted by molar-refractivity contribution is 7.12. The van der Waals surface area contributed by atoms with Crippen LogP contribution in [0.1, 0.15) is 34.4 Å². The van der Waals surface area contributed by atoms with E-state index in [1.54, 1.807) is 6.20 Å². The molecular weight excluding hydrogens is 232 g/mol. The zero-order valence-electron chi connectivity index (χ0n) is 10.1. The third-order valence-corrected chi connectivity index (χ3v) is 3.76. The van der Waals surface area contributed by atoms with Crippen molar-refractivity contribution in [3.63, 3.8) is 0 Å². The molecular formula is C13H16N2OS. The van der Waals surface area contributed by atoms with Crippen molar-refractivity contribution in [3.05, 3.63) is 40.1 Å². The maximum absolute atomic E-state index is 12.1. The van der Waals surface area contributed by atoms with Gasteiger partial charge in [-0.3, -0.25) is 4.79 Å². The third-order valence-electron chi connectivity index (χ3n) is 2.70. The minimum atomic E-state index is 0.168. The second-order valence-corrected chi connectivity index (χ2v) is 4.99. The Kier molecular flexibility index (Phi) is 3.74. The van der Waals surface area contributed by atoms with Crippen LogP contribution in [-0.2, 0) is 13.0 Å². The molecule has 0 unspecified atom stereocenters. The summed E-state index contributed by atoms with van der Waals surface area (Å²) in [6, 6.07) is 1.98. The lowest BCUT2D eigenvalue weighted by Crippen LogP contribution is -2.09. The fraction of sp³-hybridized carbons (Fsp3) is 0.385. The molecule has 3 nitrogen and oxygen atoms in total. The van der Waals surface area contributed by atoms with E-state index in [0.717, 1.165) is 29.2 Å². The highest BCUT2D eigenvalue weighted by Crippen LogP contribution is 2.18. The van der Waals surface area contributed by atoms with E-state index in [0.29, 0.717) is 6.42 Å². The van der Waals surface area contributed by atoms with Crippen LogP contribution in [-0.4, -0.2) is 15.3 Å². The van der Waals surface area contributed by atoms with E-state index in [1.165, 1.54) is 11.3 Å². The van der Waals surface area contributed by atoms with E-state index in [-0.39, 0.29) is 5.78 Å². The van der Waals surface area contributed by atoms with E-state index in [1.807, 2.05) is 24.6 Å². The minimum absolute atomic E-state index is 0.168. The fourth-order valence-corrected chi connectivity index (χ4v) is 2.70. The lowest BCUT2D eigenvalue weighted by Gasteiger charge is -2.05. The second kappa shape index (κ2) is 5.27. The molecule has 0 aromatic carbocycles. The molecule has 4 heteroatoms. The fourth-order valence-electron chi connectivity index (χ4n) is 1.83. The predicted molar refractivity (Wildman–Crippen MR) is 69.6 cm³/mol. The summed E-state index contributed by atoms with van der Waals surface area (Å²) < 4.78 is 2.06. The molecule has 0 atom stereocenters. The Morgan fingerprint density at radius 2 is 2.35 bits per heavy atom. The van der Waals surface area contributed by atoms with Crippen molar-refractivity contribution in [2.45, 2.75) is 33.2 Å². The zero-order chi connectivity index (χ0) is 12.3. The Morgan fingerprint density at radius 1 is 1.53 bits per heavy atom. The zero-order valence-corrected chi connectivity index (χ0v) is 11.0.